The predicted octanol–water partition coefficient (Wildman–Crippen LogP) is 3.31. The summed E-state index contributed by atoms with van der Waals surface area (Å²) in [6.07, 6.45) is 6.00. The second-order valence-corrected chi connectivity index (χ2v) is 11.7. The number of esters is 1. The number of carbonyl (C=O) groups is 4. The van der Waals surface area contributed by atoms with Crippen LogP contribution in [0.1, 0.15) is 53.7 Å². The quantitative estimate of drug-likeness (QED) is 0.107. The Morgan fingerprint density at radius 2 is 1.58 bits per heavy atom. The Hall–Kier alpha value is -5.70. The Balaban J connectivity index is 1.36. The zero-order chi connectivity index (χ0) is 33.8. The average Bonchev–Trinajstić information content (AvgIpc) is 3.87. The highest BCUT2D eigenvalue weighted by Gasteiger charge is 2.28. The number of piperidine rings is 1. The van der Waals surface area contributed by atoms with Crippen molar-refractivity contribution in [3.8, 4) is 22.5 Å². The first-order chi connectivity index (χ1) is 23.2. The number of methoxy groups -OCH3 is 1. The third-order valence-corrected chi connectivity index (χ3v) is 8.66. The molecule has 4 N–H and O–H groups in total. The number of aliphatic carboxylic acids is 2. The van der Waals surface area contributed by atoms with Gasteiger partial charge in [-0.1, -0.05) is 28.6 Å². The molecule has 0 spiro atoms. The molecule has 3 aromatic heterocycles. The highest BCUT2D eigenvalue weighted by Crippen LogP contribution is 2.31. The summed E-state index contributed by atoms with van der Waals surface area (Å²) in [4.78, 5) is 53.0. The van der Waals surface area contributed by atoms with E-state index in [1.54, 1.807) is 24.4 Å². The van der Waals surface area contributed by atoms with Crippen LogP contribution in [-0.2, 0) is 25.5 Å². The Labute approximate surface area is 273 Å². The molecule has 0 unspecified atom stereocenters. The van der Waals surface area contributed by atoms with Crippen molar-refractivity contribution < 1.29 is 34.1 Å². The number of carboxylic acids is 2. The number of ketones is 1. The number of benzene rings is 2. The van der Waals surface area contributed by atoms with Gasteiger partial charge in [0, 0.05) is 52.5 Å². The molecule has 5 aromatic rings. The molecule has 15 nitrogen and oxygen atoms in total. The lowest BCUT2D eigenvalue weighted by Gasteiger charge is -2.21. The van der Waals surface area contributed by atoms with E-state index >= 15 is 0 Å². The van der Waals surface area contributed by atoms with Crippen molar-refractivity contribution >= 4 is 34.6 Å². The second kappa shape index (κ2) is 14.0. The smallest absolute Gasteiger partial charge is 0.331 e. The van der Waals surface area contributed by atoms with E-state index in [1.165, 1.54) is 18.0 Å². The zero-order valence-electron chi connectivity index (χ0n) is 26.1. The molecular weight excluding hydrogens is 620 g/mol. The lowest BCUT2D eigenvalue weighted by Crippen LogP contribution is -2.31. The van der Waals surface area contributed by atoms with E-state index in [9.17, 15) is 24.3 Å². The number of rotatable bonds is 13. The van der Waals surface area contributed by atoms with Crippen LogP contribution in [0.3, 0.4) is 0 Å². The SMILES string of the molecule is COC(=O)[C@H](Cc1c[nH]c2ccccc12)n1cc(-c2cc(C(=O)C3CCNCC3)cc(-c3cn([C@@H](CCC(=O)O)C(=O)O)nn3)c2)nn1. The highest BCUT2D eigenvalue weighted by atomic mass is 16.5. The van der Waals surface area contributed by atoms with E-state index in [2.05, 4.69) is 30.9 Å². The zero-order valence-corrected chi connectivity index (χ0v) is 26.1. The Morgan fingerprint density at radius 1 is 0.938 bits per heavy atom. The Morgan fingerprint density at radius 3 is 2.21 bits per heavy atom. The summed E-state index contributed by atoms with van der Waals surface area (Å²) >= 11 is 0. The number of fused-ring (bicyclic) bond motifs is 1. The van der Waals surface area contributed by atoms with Crippen LogP contribution in [0.25, 0.3) is 33.4 Å². The number of para-hydroxylation sites is 1. The molecule has 0 bridgehead atoms. The van der Waals surface area contributed by atoms with E-state index in [0.29, 0.717) is 35.2 Å². The van der Waals surface area contributed by atoms with Gasteiger partial charge in [0.25, 0.3) is 0 Å². The molecule has 248 valence electrons. The van der Waals surface area contributed by atoms with Gasteiger partial charge in [0.1, 0.15) is 11.4 Å². The molecule has 0 amide bonds. The van der Waals surface area contributed by atoms with Gasteiger partial charge in [0.2, 0.25) is 0 Å². The first-order valence-corrected chi connectivity index (χ1v) is 15.5. The Kier molecular flexibility index (Phi) is 9.38. The number of nitrogens with zero attached hydrogens (tertiary/aromatic N) is 6. The number of ether oxygens (including phenoxy) is 1. The van der Waals surface area contributed by atoms with Crippen molar-refractivity contribution in [1.82, 2.24) is 40.3 Å². The molecule has 1 aliphatic rings. The number of nitrogens with one attached hydrogen (secondary N) is 2. The number of hydrogen-bond donors (Lipinski definition) is 4. The van der Waals surface area contributed by atoms with Gasteiger partial charge in [-0.05, 0) is 62.2 Å². The third-order valence-electron chi connectivity index (χ3n) is 8.66. The van der Waals surface area contributed by atoms with Gasteiger partial charge < -0.3 is 25.3 Å². The van der Waals surface area contributed by atoms with Gasteiger partial charge in [-0.15, -0.1) is 10.2 Å². The van der Waals surface area contributed by atoms with Crippen molar-refractivity contribution in [1.29, 1.82) is 0 Å². The summed E-state index contributed by atoms with van der Waals surface area (Å²) in [5.41, 5.74) is 3.95. The van der Waals surface area contributed by atoms with Crippen LogP contribution in [0.5, 0.6) is 0 Å². The van der Waals surface area contributed by atoms with Crippen LogP contribution in [0, 0.1) is 5.92 Å². The minimum absolute atomic E-state index is 0.0453. The van der Waals surface area contributed by atoms with Crippen LogP contribution in [0.4, 0.5) is 0 Å². The van der Waals surface area contributed by atoms with Crippen molar-refractivity contribution in [2.24, 2.45) is 5.92 Å². The van der Waals surface area contributed by atoms with Gasteiger partial charge in [-0.25, -0.2) is 19.0 Å². The maximum absolute atomic E-state index is 13.7. The van der Waals surface area contributed by atoms with Crippen LogP contribution < -0.4 is 5.32 Å². The molecule has 48 heavy (non-hydrogen) atoms. The number of carbonyl (C=O) groups excluding carboxylic acids is 2. The van der Waals surface area contributed by atoms with Crippen molar-refractivity contribution in [3.63, 3.8) is 0 Å². The predicted molar refractivity (Wildman–Crippen MR) is 171 cm³/mol. The van der Waals surface area contributed by atoms with Crippen LogP contribution in [0.15, 0.2) is 61.1 Å². The third kappa shape index (κ3) is 6.85. The van der Waals surface area contributed by atoms with Crippen molar-refractivity contribution in [3.05, 3.63) is 72.2 Å². The van der Waals surface area contributed by atoms with Gasteiger partial charge in [0.05, 0.1) is 19.5 Å². The number of hydrogen-bond acceptors (Lipinski definition) is 10. The highest BCUT2D eigenvalue weighted by molar-refractivity contribution is 6.00. The van der Waals surface area contributed by atoms with Crippen LogP contribution in [0.2, 0.25) is 0 Å². The van der Waals surface area contributed by atoms with E-state index in [-0.39, 0.29) is 36.7 Å². The maximum Gasteiger partial charge on any atom is 0.331 e. The van der Waals surface area contributed by atoms with Gasteiger partial charge in [0.15, 0.2) is 17.9 Å². The molecule has 0 radical (unpaired) electrons. The summed E-state index contributed by atoms with van der Waals surface area (Å²) in [5, 5.41) is 39.9. The molecule has 4 heterocycles. The molecule has 0 saturated carbocycles. The number of H-pyrrole nitrogens is 1. The standard InChI is InChI=1S/C33H34N8O7/c1-48-33(47)29(15-23-16-35-25-5-3-2-4-24(23)25)41-18-27(37-39-41)21-12-20(13-22(14-21)31(44)19-8-10-34-11-9-19)26-17-40(38-36-26)28(32(45)46)6-7-30(42)43/h2-5,12-14,16-19,28-29,34-35H,6-11,15H2,1H3,(H,42,43)(H,45,46)/t28-,29-/m0/s1. The fraction of sp³-hybridized carbons (Fsp3) is 0.333. The van der Waals surface area contributed by atoms with Crippen LogP contribution in [-0.4, -0.2) is 89.1 Å². The van der Waals surface area contributed by atoms with Crippen molar-refractivity contribution in [2.75, 3.05) is 20.2 Å². The van der Waals surface area contributed by atoms with Crippen molar-refractivity contribution in [2.45, 2.75) is 44.2 Å². The minimum atomic E-state index is -1.24. The summed E-state index contributed by atoms with van der Waals surface area (Å²) < 4.78 is 7.69. The molecule has 2 aromatic carbocycles. The molecule has 1 fully saturated rings. The lowest BCUT2D eigenvalue weighted by atomic mass is 9.88. The monoisotopic (exact) mass is 654 g/mol. The summed E-state index contributed by atoms with van der Waals surface area (Å²) in [7, 11) is 1.31. The largest absolute Gasteiger partial charge is 0.481 e. The van der Waals surface area contributed by atoms with Gasteiger partial charge >= 0.3 is 17.9 Å². The molecule has 15 heteroatoms. The summed E-state index contributed by atoms with van der Waals surface area (Å²) in [5.74, 6) is -3.10. The molecular formula is C33H34N8O7. The molecule has 1 saturated heterocycles. The van der Waals surface area contributed by atoms with Gasteiger partial charge in [-0.2, -0.15) is 0 Å². The minimum Gasteiger partial charge on any atom is -0.481 e. The van der Waals surface area contributed by atoms with E-state index in [0.717, 1.165) is 34.2 Å². The number of Topliss-reactive ketones (excluding diaryl/α,β-unsaturated/α-hetero) is 1. The number of aromatic amines is 1. The fourth-order valence-electron chi connectivity index (χ4n) is 6.07. The van der Waals surface area contributed by atoms with E-state index in [4.69, 9.17) is 9.84 Å². The normalized spacial score (nSPS) is 14.9. The fourth-order valence-corrected chi connectivity index (χ4v) is 6.07. The Bertz CT molecular complexity index is 1970. The lowest BCUT2D eigenvalue weighted by molar-refractivity contribution is -0.145. The average molecular weight is 655 g/mol. The topological polar surface area (TPSA) is 207 Å². The first-order valence-electron chi connectivity index (χ1n) is 15.5. The molecule has 1 aliphatic heterocycles. The van der Waals surface area contributed by atoms with Crippen LogP contribution >= 0.6 is 0 Å². The molecule has 6 rings (SSSR count). The van der Waals surface area contributed by atoms with E-state index in [1.807, 2.05) is 30.5 Å². The van der Waals surface area contributed by atoms with Gasteiger partial charge in [-0.3, -0.25) is 9.59 Å². The first kappa shape index (κ1) is 32.2. The number of aromatic nitrogens is 7. The summed E-state index contributed by atoms with van der Waals surface area (Å²) in [6.45, 7) is 1.45. The summed E-state index contributed by atoms with van der Waals surface area (Å²) in [6, 6.07) is 10.9. The maximum atomic E-state index is 13.7. The number of carboxylic acid groups (broad SMARTS) is 2. The van der Waals surface area contributed by atoms with E-state index < -0.39 is 30.0 Å². The second-order valence-electron chi connectivity index (χ2n) is 11.7. The molecule has 2 atom stereocenters. The molecule has 0 aliphatic carbocycles.